The van der Waals surface area contributed by atoms with Gasteiger partial charge >= 0.3 is 0 Å². The Morgan fingerprint density at radius 1 is 1.50 bits per heavy atom. The van der Waals surface area contributed by atoms with Crippen molar-refractivity contribution in [2.75, 3.05) is 6.61 Å². The van der Waals surface area contributed by atoms with Crippen LogP contribution in [0.15, 0.2) is 30.9 Å². The topological polar surface area (TPSA) is 9.23 Å². The summed E-state index contributed by atoms with van der Waals surface area (Å²) in [6.07, 6.45) is 3.75. The van der Waals surface area contributed by atoms with Gasteiger partial charge in [0.1, 0.15) is 11.6 Å². The Kier molecular flexibility index (Phi) is 4.17. The molecule has 0 bridgehead atoms. The van der Waals surface area contributed by atoms with Crippen LogP contribution in [-0.4, -0.2) is 6.61 Å². The molecule has 0 radical (unpaired) electrons. The van der Waals surface area contributed by atoms with Crippen LogP contribution in [0.1, 0.15) is 18.4 Å². The fourth-order valence-corrected chi connectivity index (χ4v) is 1.18. The Hall–Kier alpha value is -1.31. The van der Waals surface area contributed by atoms with E-state index in [1.807, 2.05) is 13.0 Å². The van der Waals surface area contributed by atoms with Gasteiger partial charge in [0.15, 0.2) is 0 Å². The zero-order chi connectivity index (χ0) is 10.4. The number of allylic oxidation sites excluding steroid dienone is 1. The van der Waals surface area contributed by atoms with Gasteiger partial charge in [-0.1, -0.05) is 6.08 Å². The number of benzene rings is 1. The fraction of sp³-hybridized carbons (Fsp3) is 0.333. The van der Waals surface area contributed by atoms with Crippen LogP contribution in [0.2, 0.25) is 0 Å². The first kappa shape index (κ1) is 10.8. The molecule has 1 rings (SSSR count). The number of rotatable bonds is 5. The second-order valence-corrected chi connectivity index (χ2v) is 3.19. The highest BCUT2D eigenvalue weighted by molar-refractivity contribution is 5.32. The van der Waals surface area contributed by atoms with Crippen LogP contribution < -0.4 is 4.74 Å². The van der Waals surface area contributed by atoms with E-state index in [4.69, 9.17) is 4.74 Å². The summed E-state index contributed by atoms with van der Waals surface area (Å²) in [5.74, 6) is 0.538. The number of hydrogen-bond donors (Lipinski definition) is 0. The minimum absolute atomic E-state index is 0.221. The molecule has 0 amide bonds. The van der Waals surface area contributed by atoms with E-state index in [1.165, 1.54) is 12.1 Å². The summed E-state index contributed by atoms with van der Waals surface area (Å²) >= 11 is 0. The number of aryl methyl sites for hydroxylation is 1. The highest BCUT2D eigenvalue weighted by Gasteiger charge is 1.99. The molecular formula is C12H15FO. The van der Waals surface area contributed by atoms with Crippen molar-refractivity contribution < 1.29 is 9.13 Å². The molecule has 1 nitrogen and oxygen atoms in total. The molecule has 0 saturated heterocycles. The molecule has 0 fully saturated rings. The first-order valence-corrected chi connectivity index (χ1v) is 4.74. The van der Waals surface area contributed by atoms with E-state index in [0.29, 0.717) is 6.61 Å². The summed E-state index contributed by atoms with van der Waals surface area (Å²) in [5.41, 5.74) is 0.837. The summed E-state index contributed by atoms with van der Waals surface area (Å²) in [4.78, 5) is 0. The van der Waals surface area contributed by atoms with Gasteiger partial charge in [-0.25, -0.2) is 4.39 Å². The van der Waals surface area contributed by atoms with Crippen molar-refractivity contribution in [2.24, 2.45) is 0 Å². The van der Waals surface area contributed by atoms with E-state index in [2.05, 4.69) is 6.58 Å². The number of ether oxygens (including phenoxy) is 1. The highest BCUT2D eigenvalue weighted by atomic mass is 19.1. The van der Waals surface area contributed by atoms with Crippen molar-refractivity contribution in [3.8, 4) is 5.75 Å². The number of hydrogen-bond acceptors (Lipinski definition) is 1. The maximum absolute atomic E-state index is 12.7. The number of unbranched alkanes of at least 4 members (excludes halogenated alkanes) is 1. The first-order valence-electron chi connectivity index (χ1n) is 4.74. The van der Waals surface area contributed by atoms with Crippen LogP contribution in [0, 0.1) is 12.7 Å². The predicted octanol–water partition coefficient (Wildman–Crippen LogP) is 3.48. The quantitative estimate of drug-likeness (QED) is 0.515. The molecule has 0 spiro atoms. The van der Waals surface area contributed by atoms with Gasteiger partial charge in [0.05, 0.1) is 6.61 Å². The van der Waals surface area contributed by atoms with E-state index in [9.17, 15) is 4.39 Å². The van der Waals surface area contributed by atoms with Crippen LogP contribution in [-0.2, 0) is 0 Å². The zero-order valence-corrected chi connectivity index (χ0v) is 8.42. The van der Waals surface area contributed by atoms with Gasteiger partial charge in [0, 0.05) is 0 Å². The van der Waals surface area contributed by atoms with Gasteiger partial charge in [-0.3, -0.25) is 0 Å². The average Bonchev–Trinajstić information content (AvgIpc) is 2.15. The van der Waals surface area contributed by atoms with Gasteiger partial charge in [0.25, 0.3) is 0 Å². The molecule has 0 aliphatic rings. The lowest BCUT2D eigenvalue weighted by Gasteiger charge is -2.07. The third kappa shape index (κ3) is 3.21. The highest BCUT2D eigenvalue weighted by Crippen LogP contribution is 2.18. The zero-order valence-electron chi connectivity index (χ0n) is 8.42. The summed E-state index contributed by atoms with van der Waals surface area (Å²) < 4.78 is 18.2. The summed E-state index contributed by atoms with van der Waals surface area (Å²) in [5, 5.41) is 0. The third-order valence-electron chi connectivity index (χ3n) is 1.95. The first-order chi connectivity index (χ1) is 6.74. The van der Waals surface area contributed by atoms with E-state index in [-0.39, 0.29) is 5.82 Å². The van der Waals surface area contributed by atoms with Gasteiger partial charge < -0.3 is 4.74 Å². The van der Waals surface area contributed by atoms with Gasteiger partial charge in [-0.05, 0) is 43.5 Å². The Morgan fingerprint density at radius 3 is 2.93 bits per heavy atom. The largest absolute Gasteiger partial charge is 0.493 e. The van der Waals surface area contributed by atoms with Gasteiger partial charge in [-0.15, -0.1) is 6.58 Å². The van der Waals surface area contributed by atoms with E-state index in [0.717, 1.165) is 24.2 Å². The second-order valence-electron chi connectivity index (χ2n) is 3.19. The fourth-order valence-electron chi connectivity index (χ4n) is 1.18. The Balaban J connectivity index is 2.46. The molecule has 1 aromatic rings. The lowest BCUT2D eigenvalue weighted by molar-refractivity contribution is 0.309. The van der Waals surface area contributed by atoms with E-state index < -0.39 is 0 Å². The Bertz CT molecular complexity index is 307. The molecule has 76 valence electrons. The molecule has 14 heavy (non-hydrogen) atoms. The smallest absolute Gasteiger partial charge is 0.123 e. The lowest BCUT2D eigenvalue weighted by atomic mass is 10.2. The van der Waals surface area contributed by atoms with Crippen molar-refractivity contribution in [2.45, 2.75) is 19.8 Å². The SMILES string of the molecule is C=CCCCOc1ccc(F)cc1C. The summed E-state index contributed by atoms with van der Waals surface area (Å²) in [7, 11) is 0. The second kappa shape index (κ2) is 5.43. The van der Waals surface area contributed by atoms with Crippen molar-refractivity contribution >= 4 is 0 Å². The molecule has 0 saturated carbocycles. The Morgan fingerprint density at radius 2 is 2.29 bits per heavy atom. The number of halogens is 1. The minimum Gasteiger partial charge on any atom is -0.493 e. The standard InChI is InChI=1S/C12H15FO/c1-3-4-5-8-14-12-7-6-11(13)9-10(12)2/h3,6-7,9H,1,4-5,8H2,2H3. The van der Waals surface area contributed by atoms with Crippen LogP contribution >= 0.6 is 0 Å². The van der Waals surface area contributed by atoms with Gasteiger partial charge in [-0.2, -0.15) is 0 Å². The van der Waals surface area contributed by atoms with Crippen LogP contribution in [0.4, 0.5) is 4.39 Å². The average molecular weight is 194 g/mol. The maximum atomic E-state index is 12.7. The van der Waals surface area contributed by atoms with Gasteiger partial charge in [0.2, 0.25) is 0 Å². The molecule has 0 aliphatic heterocycles. The summed E-state index contributed by atoms with van der Waals surface area (Å²) in [6, 6.07) is 4.55. The van der Waals surface area contributed by atoms with Crippen LogP contribution in [0.3, 0.4) is 0 Å². The molecule has 0 atom stereocenters. The van der Waals surface area contributed by atoms with Crippen molar-refractivity contribution in [3.05, 3.63) is 42.2 Å². The Labute approximate surface area is 84.2 Å². The van der Waals surface area contributed by atoms with E-state index >= 15 is 0 Å². The minimum atomic E-state index is -0.221. The maximum Gasteiger partial charge on any atom is 0.123 e. The van der Waals surface area contributed by atoms with Crippen molar-refractivity contribution in [3.63, 3.8) is 0 Å². The lowest BCUT2D eigenvalue weighted by Crippen LogP contribution is -1.98. The van der Waals surface area contributed by atoms with Crippen molar-refractivity contribution in [1.82, 2.24) is 0 Å². The molecule has 0 aliphatic carbocycles. The normalized spacial score (nSPS) is 9.86. The molecule has 0 unspecified atom stereocenters. The molecule has 2 heteroatoms. The monoisotopic (exact) mass is 194 g/mol. The molecular weight excluding hydrogens is 179 g/mol. The van der Waals surface area contributed by atoms with Crippen molar-refractivity contribution in [1.29, 1.82) is 0 Å². The predicted molar refractivity (Wildman–Crippen MR) is 56.1 cm³/mol. The molecule has 0 aromatic heterocycles. The molecule has 0 heterocycles. The third-order valence-corrected chi connectivity index (χ3v) is 1.95. The van der Waals surface area contributed by atoms with Crippen LogP contribution in [0.5, 0.6) is 5.75 Å². The van der Waals surface area contributed by atoms with Crippen LogP contribution in [0.25, 0.3) is 0 Å². The molecule has 1 aromatic carbocycles. The molecule has 0 N–H and O–H groups in total. The summed E-state index contributed by atoms with van der Waals surface area (Å²) in [6.45, 7) is 6.12. The van der Waals surface area contributed by atoms with E-state index in [1.54, 1.807) is 6.07 Å².